The maximum atomic E-state index is 11.3. The molecule has 0 saturated heterocycles. The molecule has 1 amide bonds. The van der Waals surface area contributed by atoms with Crippen molar-refractivity contribution in [2.24, 2.45) is 10.8 Å². The topological polar surface area (TPSA) is 101 Å². The summed E-state index contributed by atoms with van der Waals surface area (Å²) in [6.07, 6.45) is 0. The van der Waals surface area contributed by atoms with Gasteiger partial charge in [0.2, 0.25) is 11.9 Å². The highest BCUT2D eigenvalue weighted by Gasteiger charge is 2.02. The minimum absolute atomic E-state index is 0.0394. The van der Waals surface area contributed by atoms with Crippen molar-refractivity contribution in [3.8, 4) is 0 Å². The Balaban J connectivity index is 3.91. The van der Waals surface area contributed by atoms with Gasteiger partial charge in [0.25, 0.3) is 0 Å². The molecule has 0 atom stereocenters. The molecule has 0 spiro atoms. The van der Waals surface area contributed by atoms with Crippen molar-refractivity contribution in [2.75, 3.05) is 26.8 Å². The van der Waals surface area contributed by atoms with E-state index >= 15 is 0 Å². The number of hydrogen-bond acceptors (Lipinski definition) is 4. The quantitative estimate of drug-likeness (QED) is 0.148. The number of nitrogens with zero attached hydrogens (tertiary/aromatic N) is 1. The van der Waals surface area contributed by atoms with Crippen molar-refractivity contribution in [3.63, 3.8) is 0 Å². The fraction of sp³-hybridized carbons (Fsp3) is 0.778. The summed E-state index contributed by atoms with van der Waals surface area (Å²) in [5, 5.41) is 5.61. The molecule has 0 heterocycles. The van der Waals surface area contributed by atoms with Crippen LogP contribution >= 0.6 is 0 Å². The minimum atomic E-state index is -0.142. The molecule has 0 saturated carbocycles. The van der Waals surface area contributed by atoms with Crippen LogP contribution in [-0.4, -0.2) is 44.7 Å². The SMILES string of the molecule is COCCNC(=NCC(=O)NC(C)C)NN. The number of carbonyl (C=O) groups excluding carboxylic acids is 1. The zero-order chi connectivity index (χ0) is 12.4. The van der Waals surface area contributed by atoms with Gasteiger partial charge in [-0.1, -0.05) is 0 Å². The third kappa shape index (κ3) is 8.01. The van der Waals surface area contributed by atoms with Gasteiger partial charge in [-0.05, 0) is 13.8 Å². The molecule has 0 bridgehead atoms. The van der Waals surface area contributed by atoms with Crippen LogP contribution in [0.25, 0.3) is 0 Å². The van der Waals surface area contributed by atoms with Crippen molar-refractivity contribution >= 4 is 11.9 Å². The van der Waals surface area contributed by atoms with E-state index in [0.29, 0.717) is 19.1 Å². The molecule has 0 aromatic heterocycles. The van der Waals surface area contributed by atoms with E-state index in [2.05, 4.69) is 21.1 Å². The average Bonchev–Trinajstić information content (AvgIpc) is 2.22. The highest BCUT2D eigenvalue weighted by atomic mass is 16.5. The Kier molecular flexibility index (Phi) is 8.18. The Morgan fingerprint density at radius 3 is 2.69 bits per heavy atom. The lowest BCUT2D eigenvalue weighted by Crippen LogP contribution is -2.43. The molecule has 0 unspecified atom stereocenters. The van der Waals surface area contributed by atoms with Gasteiger partial charge in [0.15, 0.2) is 0 Å². The summed E-state index contributed by atoms with van der Waals surface area (Å²) in [4.78, 5) is 15.2. The van der Waals surface area contributed by atoms with Crippen LogP contribution in [0.2, 0.25) is 0 Å². The molecule has 0 aliphatic rings. The summed E-state index contributed by atoms with van der Waals surface area (Å²) in [7, 11) is 1.60. The van der Waals surface area contributed by atoms with Gasteiger partial charge in [-0.2, -0.15) is 0 Å². The molecule has 0 aliphatic carbocycles. The van der Waals surface area contributed by atoms with Crippen molar-refractivity contribution < 1.29 is 9.53 Å². The first-order valence-electron chi connectivity index (χ1n) is 5.13. The number of rotatable bonds is 6. The number of carbonyl (C=O) groups is 1. The molecule has 0 rings (SSSR count). The summed E-state index contributed by atoms with van der Waals surface area (Å²) >= 11 is 0. The number of hydrogen-bond donors (Lipinski definition) is 4. The third-order valence-corrected chi connectivity index (χ3v) is 1.57. The molecule has 16 heavy (non-hydrogen) atoms. The number of nitrogens with two attached hydrogens (primary N) is 1. The van der Waals surface area contributed by atoms with Crippen LogP contribution in [-0.2, 0) is 9.53 Å². The van der Waals surface area contributed by atoms with Gasteiger partial charge in [-0.3, -0.25) is 10.2 Å². The number of guanidine groups is 1. The highest BCUT2D eigenvalue weighted by molar-refractivity contribution is 5.84. The summed E-state index contributed by atoms with van der Waals surface area (Å²) < 4.78 is 4.85. The Labute approximate surface area is 95.8 Å². The predicted octanol–water partition coefficient (Wildman–Crippen LogP) is -1.43. The Morgan fingerprint density at radius 1 is 1.50 bits per heavy atom. The van der Waals surface area contributed by atoms with E-state index in [4.69, 9.17) is 10.6 Å². The van der Waals surface area contributed by atoms with Gasteiger partial charge in [-0.25, -0.2) is 10.8 Å². The van der Waals surface area contributed by atoms with E-state index in [1.165, 1.54) is 0 Å². The van der Waals surface area contributed by atoms with Gasteiger partial charge in [-0.15, -0.1) is 0 Å². The highest BCUT2D eigenvalue weighted by Crippen LogP contribution is 1.79. The second-order valence-electron chi connectivity index (χ2n) is 3.45. The predicted molar refractivity (Wildman–Crippen MR) is 62.8 cm³/mol. The van der Waals surface area contributed by atoms with E-state index in [1.807, 2.05) is 13.8 Å². The van der Waals surface area contributed by atoms with Crippen molar-refractivity contribution in [3.05, 3.63) is 0 Å². The lowest BCUT2D eigenvalue weighted by Gasteiger charge is -2.09. The number of methoxy groups -OCH3 is 1. The summed E-state index contributed by atoms with van der Waals surface area (Å²) in [5.41, 5.74) is 2.37. The third-order valence-electron chi connectivity index (χ3n) is 1.57. The normalized spacial score (nSPS) is 11.4. The molecule has 0 fully saturated rings. The Bertz CT molecular complexity index is 230. The van der Waals surface area contributed by atoms with E-state index < -0.39 is 0 Å². The van der Waals surface area contributed by atoms with Crippen LogP contribution in [0.3, 0.4) is 0 Å². The first-order valence-corrected chi connectivity index (χ1v) is 5.13. The summed E-state index contributed by atoms with van der Waals surface area (Å²) in [6.45, 7) is 4.93. The lowest BCUT2D eigenvalue weighted by molar-refractivity contribution is -0.120. The molecule has 7 nitrogen and oxygen atoms in total. The van der Waals surface area contributed by atoms with E-state index in [0.717, 1.165) is 0 Å². The maximum absolute atomic E-state index is 11.3. The fourth-order valence-corrected chi connectivity index (χ4v) is 0.943. The molecular weight excluding hydrogens is 210 g/mol. The van der Waals surface area contributed by atoms with Crippen LogP contribution in [0.5, 0.6) is 0 Å². The number of hydrazine groups is 1. The molecule has 0 aliphatic heterocycles. The van der Waals surface area contributed by atoms with E-state index in [9.17, 15) is 4.79 Å². The number of amides is 1. The summed E-state index contributed by atoms with van der Waals surface area (Å²) in [6, 6.07) is 0.110. The molecule has 7 heteroatoms. The van der Waals surface area contributed by atoms with Crippen LogP contribution in [0.15, 0.2) is 4.99 Å². The van der Waals surface area contributed by atoms with Gasteiger partial charge in [0, 0.05) is 19.7 Å². The van der Waals surface area contributed by atoms with Crippen molar-refractivity contribution in [1.29, 1.82) is 0 Å². The second-order valence-corrected chi connectivity index (χ2v) is 3.45. The monoisotopic (exact) mass is 231 g/mol. The zero-order valence-electron chi connectivity index (χ0n) is 10.0. The molecular formula is C9H21N5O2. The van der Waals surface area contributed by atoms with Crippen molar-refractivity contribution in [1.82, 2.24) is 16.1 Å². The molecule has 5 N–H and O–H groups in total. The van der Waals surface area contributed by atoms with E-state index in [-0.39, 0.29) is 18.5 Å². The minimum Gasteiger partial charge on any atom is -0.383 e. The molecule has 94 valence electrons. The zero-order valence-corrected chi connectivity index (χ0v) is 10.0. The standard InChI is InChI=1S/C9H21N5O2/c1-7(2)13-8(15)6-12-9(14-10)11-4-5-16-3/h7H,4-6,10H2,1-3H3,(H,13,15)(H2,11,12,14). The van der Waals surface area contributed by atoms with Crippen molar-refractivity contribution in [2.45, 2.75) is 19.9 Å². The van der Waals surface area contributed by atoms with Crippen LogP contribution < -0.4 is 21.9 Å². The number of nitrogens with one attached hydrogen (secondary N) is 3. The number of ether oxygens (including phenoxy) is 1. The largest absolute Gasteiger partial charge is 0.383 e. The van der Waals surface area contributed by atoms with Crippen LogP contribution in [0.4, 0.5) is 0 Å². The van der Waals surface area contributed by atoms with Crippen LogP contribution in [0.1, 0.15) is 13.8 Å². The van der Waals surface area contributed by atoms with Crippen LogP contribution in [0, 0.1) is 0 Å². The molecule has 0 aromatic rings. The molecule has 0 aromatic carbocycles. The van der Waals surface area contributed by atoms with Gasteiger partial charge < -0.3 is 15.4 Å². The fourth-order valence-electron chi connectivity index (χ4n) is 0.943. The second kappa shape index (κ2) is 8.93. The first-order chi connectivity index (χ1) is 7.60. The molecule has 0 radical (unpaired) electrons. The Hall–Kier alpha value is -1.34. The van der Waals surface area contributed by atoms with Gasteiger partial charge in [0.1, 0.15) is 6.54 Å². The Morgan fingerprint density at radius 2 is 2.19 bits per heavy atom. The first kappa shape index (κ1) is 14.7. The smallest absolute Gasteiger partial charge is 0.242 e. The number of aliphatic imine (C=N–C) groups is 1. The lowest BCUT2D eigenvalue weighted by atomic mass is 10.4. The van der Waals surface area contributed by atoms with E-state index in [1.54, 1.807) is 7.11 Å². The van der Waals surface area contributed by atoms with Gasteiger partial charge in [0.05, 0.1) is 6.61 Å². The summed E-state index contributed by atoms with van der Waals surface area (Å²) in [5.74, 6) is 5.46. The maximum Gasteiger partial charge on any atom is 0.242 e. The van der Waals surface area contributed by atoms with Gasteiger partial charge >= 0.3 is 0 Å². The average molecular weight is 231 g/mol.